The Morgan fingerprint density at radius 1 is 1.15 bits per heavy atom. The summed E-state index contributed by atoms with van der Waals surface area (Å²) in [6.45, 7) is 6.67. The lowest BCUT2D eigenvalue weighted by Crippen LogP contribution is -2.23. The molecule has 1 amide bonds. The van der Waals surface area contributed by atoms with Crippen molar-refractivity contribution in [2.45, 2.75) is 33.2 Å². The maximum Gasteiger partial charge on any atom is 0.271 e. The summed E-state index contributed by atoms with van der Waals surface area (Å²) in [6, 6.07) is 9.78. The molecule has 6 nitrogen and oxygen atoms in total. The first-order chi connectivity index (χ1) is 12.5. The van der Waals surface area contributed by atoms with Crippen molar-refractivity contribution in [3.05, 3.63) is 71.6 Å². The monoisotopic (exact) mass is 350 g/mol. The first-order valence-electron chi connectivity index (χ1n) is 8.53. The number of furan rings is 1. The number of carbonyl (C=O) groups is 1. The minimum Gasteiger partial charge on any atom is -0.467 e. The average Bonchev–Trinajstić information content (AvgIpc) is 3.15. The molecule has 0 fully saturated rings. The highest BCUT2D eigenvalue weighted by molar-refractivity contribution is 5.92. The average molecular weight is 350 g/mol. The smallest absolute Gasteiger partial charge is 0.271 e. The van der Waals surface area contributed by atoms with Crippen molar-refractivity contribution in [2.24, 2.45) is 0 Å². The summed E-state index contributed by atoms with van der Waals surface area (Å²) in [5.74, 6) is 1.38. The van der Waals surface area contributed by atoms with E-state index in [0.717, 1.165) is 11.3 Å². The van der Waals surface area contributed by atoms with Gasteiger partial charge in [-0.25, -0.2) is 9.97 Å². The number of hydrogen-bond donors (Lipinski definition) is 2. The summed E-state index contributed by atoms with van der Waals surface area (Å²) < 4.78 is 5.19. The Hall–Kier alpha value is -3.15. The molecule has 0 aliphatic rings. The normalized spacial score (nSPS) is 10.8. The van der Waals surface area contributed by atoms with E-state index in [4.69, 9.17) is 4.42 Å². The van der Waals surface area contributed by atoms with Gasteiger partial charge >= 0.3 is 0 Å². The molecule has 2 N–H and O–H groups in total. The fourth-order valence-electron chi connectivity index (χ4n) is 2.65. The van der Waals surface area contributed by atoms with Crippen LogP contribution in [0.3, 0.4) is 0 Å². The van der Waals surface area contributed by atoms with E-state index in [1.54, 1.807) is 24.6 Å². The number of para-hydroxylation sites is 1. The van der Waals surface area contributed by atoms with Crippen LogP contribution < -0.4 is 10.6 Å². The van der Waals surface area contributed by atoms with Crippen molar-refractivity contribution in [2.75, 3.05) is 5.32 Å². The molecule has 0 saturated carbocycles. The van der Waals surface area contributed by atoms with Crippen LogP contribution in [0, 0.1) is 6.92 Å². The van der Waals surface area contributed by atoms with E-state index >= 15 is 0 Å². The van der Waals surface area contributed by atoms with Crippen LogP contribution in [0.4, 0.5) is 11.5 Å². The molecule has 0 aliphatic carbocycles. The fraction of sp³-hybridized carbons (Fsp3) is 0.250. The number of aryl methyl sites for hydroxylation is 1. The molecule has 3 rings (SSSR count). The predicted molar refractivity (Wildman–Crippen MR) is 100 cm³/mol. The summed E-state index contributed by atoms with van der Waals surface area (Å²) in [6.07, 6.45) is 4.60. The van der Waals surface area contributed by atoms with Gasteiger partial charge in [-0.15, -0.1) is 0 Å². The number of hydrogen-bond acceptors (Lipinski definition) is 5. The second-order valence-corrected chi connectivity index (χ2v) is 6.37. The SMILES string of the molecule is Cc1cccc(C(C)C)c1Nc1cnc(C(=O)NCc2ccco2)cn1. The summed E-state index contributed by atoms with van der Waals surface area (Å²) in [7, 11) is 0. The first kappa shape index (κ1) is 17.7. The van der Waals surface area contributed by atoms with Gasteiger partial charge in [-0.05, 0) is 36.1 Å². The molecule has 0 bridgehead atoms. The quantitative estimate of drug-likeness (QED) is 0.697. The van der Waals surface area contributed by atoms with Crippen LogP contribution in [0.5, 0.6) is 0 Å². The van der Waals surface area contributed by atoms with Gasteiger partial charge in [0.15, 0.2) is 0 Å². The summed E-state index contributed by atoms with van der Waals surface area (Å²) >= 11 is 0. The van der Waals surface area contributed by atoms with Crippen LogP contribution in [0.1, 0.15) is 47.1 Å². The number of aromatic nitrogens is 2. The molecule has 0 saturated heterocycles. The molecule has 26 heavy (non-hydrogen) atoms. The number of anilines is 2. The van der Waals surface area contributed by atoms with Crippen LogP contribution in [-0.2, 0) is 6.54 Å². The molecule has 3 aromatic rings. The topological polar surface area (TPSA) is 80.0 Å². The standard InChI is InChI=1S/C20H22N4O2/c1-13(2)16-8-4-6-14(3)19(16)24-18-12-21-17(11-22-18)20(25)23-10-15-7-5-9-26-15/h4-9,11-13H,10H2,1-3H3,(H,22,24)(H,23,25). The van der Waals surface area contributed by atoms with E-state index in [-0.39, 0.29) is 11.6 Å². The third-order valence-corrected chi connectivity index (χ3v) is 4.07. The van der Waals surface area contributed by atoms with Gasteiger partial charge in [-0.3, -0.25) is 4.79 Å². The highest BCUT2D eigenvalue weighted by atomic mass is 16.3. The third-order valence-electron chi connectivity index (χ3n) is 4.07. The summed E-state index contributed by atoms with van der Waals surface area (Å²) in [5, 5.41) is 6.07. The third kappa shape index (κ3) is 4.08. The Bertz CT molecular complexity index is 871. The van der Waals surface area contributed by atoms with Gasteiger partial charge in [0.05, 0.1) is 25.2 Å². The van der Waals surface area contributed by atoms with Crippen LogP contribution in [0.25, 0.3) is 0 Å². The highest BCUT2D eigenvalue weighted by Crippen LogP contribution is 2.29. The Labute approximate surface area is 152 Å². The molecule has 2 heterocycles. The molecule has 2 aromatic heterocycles. The number of amides is 1. The maximum absolute atomic E-state index is 12.1. The fourth-order valence-corrected chi connectivity index (χ4v) is 2.65. The second kappa shape index (κ2) is 7.82. The molecule has 0 unspecified atom stereocenters. The number of carbonyl (C=O) groups excluding carboxylic acids is 1. The Morgan fingerprint density at radius 3 is 2.65 bits per heavy atom. The lowest BCUT2D eigenvalue weighted by molar-refractivity contribution is 0.0942. The molecule has 0 atom stereocenters. The largest absolute Gasteiger partial charge is 0.467 e. The predicted octanol–water partition coefficient (Wildman–Crippen LogP) is 4.18. The molecular weight excluding hydrogens is 328 g/mol. The molecule has 0 radical (unpaired) electrons. The minimum absolute atomic E-state index is 0.260. The van der Waals surface area contributed by atoms with Gasteiger partial charge in [0.25, 0.3) is 5.91 Å². The van der Waals surface area contributed by atoms with E-state index in [0.29, 0.717) is 24.0 Å². The van der Waals surface area contributed by atoms with Crippen molar-refractivity contribution in [1.29, 1.82) is 0 Å². The first-order valence-corrected chi connectivity index (χ1v) is 8.53. The van der Waals surface area contributed by atoms with Crippen molar-refractivity contribution in [3.8, 4) is 0 Å². The second-order valence-electron chi connectivity index (χ2n) is 6.37. The lowest BCUT2D eigenvalue weighted by atomic mass is 9.98. The van der Waals surface area contributed by atoms with Gasteiger partial charge in [0.1, 0.15) is 17.3 Å². The van der Waals surface area contributed by atoms with Crippen molar-refractivity contribution in [1.82, 2.24) is 15.3 Å². The number of rotatable bonds is 6. The zero-order chi connectivity index (χ0) is 18.5. The van der Waals surface area contributed by atoms with Crippen molar-refractivity contribution >= 4 is 17.4 Å². The van der Waals surface area contributed by atoms with E-state index < -0.39 is 0 Å². The number of nitrogens with zero attached hydrogens (tertiary/aromatic N) is 2. The van der Waals surface area contributed by atoms with Crippen LogP contribution >= 0.6 is 0 Å². The number of nitrogens with one attached hydrogen (secondary N) is 2. The van der Waals surface area contributed by atoms with E-state index in [2.05, 4.69) is 53.5 Å². The molecule has 134 valence electrons. The Balaban J connectivity index is 1.69. The Morgan fingerprint density at radius 2 is 2.00 bits per heavy atom. The molecule has 0 spiro atoms. The highest BCUT2D eigenvalue weighted by Gasteiger charge is 2.12. The van der Waals surface area contributed by atoms with Gasteiger partial charge < -0.3 is 15.1 Å². The maximum atomic E-state index is 12.1. The molecule has 6 heteroatoms. The van der Waals surface area contributed by atoms with Crippen molar-refractivity contribution < 1.29 is 9.21 Å². The van der Waals surface area contributed by atoms with Crippen molar-refractivity contribution in [3.63, 3.8) is 0 Å². The molecule has 1 aromatic carbocycles. The zero-order valence-corrected chi connectivity index (χ0v) is 15.1. The number of benzene rings is 1. The van der Waals surface area contributed by atoms with Gasteiger partial charge in [-0.2, -0.15) is 0 Å². The van der Waals surface area contributed by atoms with Crippen LogP contribution in [0.15, 0.2) is 53.4 Å². The van der Waals surface area contributed by atoms with Crippen LogP contribution in [0.2, 0.25) is 0 Å². The molecule has 0 aliphatic heterocycles. The van der Waals surface area contributed by atoms with Gasteiger partial charge in [0, 0.05) is 5.69 Å². The minimum atomic E-state index is -0.292. The summed E-state index contributed by atoms with van der Waals surface area (Å²) in [4.78, 5) is 20.7. The molecular formula is C20H22N4O2. The van der Waals surface area contributed by atoms with E-state index in [1.807, 2.05) is 6.07 Å². The Kier molecular flexibility index (Phi) is 5.31. The summed E-state index contributed by atoms with van der Waals surface area (Å²) in [5.41, 5.74) is 3.65. The van der Waals surface area contributed by atoms with E-state index in [1.165, 1.54) is 11.8 Å². The van der Waals surface area contributed by atoms with E-state index in [9.17, 15) is 4.79 Å². The zero-order valence-electron chi connectivity index (χ0n) is 15.1. The van der Waals surface area contributed by atoms with Gasteiger partial charge in [-0.1, -0.05) is 32.0 Å². The van der Waals surface area contributed by atoms with Crippen LogP contribution in [-0.4, -0.2) is 15.9 Å². The van der Waals surface area contributed by atoms with Gasteiger partial charge in [0.2, 0.25) is 0 Å². The lowest BCUT2D eigenvalue weighted by Gasteiger charge is -2.16.